The number of benzene rings is 1. The molecule has 0 bridgehead atoms. The van der Waals surface area contributed by atoms with Crippen molar-refractivity contribution in [2.75, 3.05) is 40.4 Å². The molecule has 108 valence electrons. The first-order chi connectivity index (χ1) is 9.70. The van der Waals surface area contributed by atoms with Gasteiger partial charge in [0.25, 0.3) is 0 Å². The van der Waals surface area contributed by atoms with Crippen LogP contribution in [0.25, 0.3) is 0 Å². The lowest BCUT2D eigenvalue weighted by atomic mass is 10.1. The third-order valence-electron chi connectivity index (χ3n) is 3.14. The molecule has 5 heteroatoms. The molecule has 1 aliphatic heterocycles. The van der Waals surface area contributed by atoms with Crippen LogP contribution < -0.4 is 14.8 Å². The molecule has 5 nitrogen and oxygen atoms in total. The lowest BCUT2D eigenvalue weighted by Crippen LogP contribution is -2.29. The number of nitriles is 1. The number of hydrogen-bond acceptors (Lipinski definition) is 5. The Labute approximate surface area is 120 Å². The molecule has 2 rings (SSSR count). The Hall–Kier alpha value is -1.77. The van der Waals surface area contributed by atoms with E-state index in [1.807, 2.05) is 32.3 Å². The summed E-state index contributed by atoms with van der Waals surface area (Å²) < 4.78 is 11.3. The fourth-order valence-corrected chi connectivity index (χ4v) is 2.03. The van der Waals surface area contributed by atoms with Crippen LogP contribution in [0.3, 0.4) is 0 Å². The average molecular weight is 275 g/mol. The molecule has 20 heavy (non-hydrogen) atoms. The van der Waals surface area contributed by atoms with E-state index in [0.717, 1.165) is 36.6 Å². The summed E-state index contributed by atoms with van der Waals surface area (Å²) in [5, 5.41) is 12.5. The molecule has 0 aromatic heterocycles. The summed E-state index contributed by atoms with van der Waals surface area (Å²) in [5.41, 5.74) is 0.913. The third-order valence-corrected chi connectivity index (χ3v) is 3.14. The highest BCUT2D eigenvalue weighted by atomic mass is 16.5. The van der Waals surface area contributed by atoms with E-state index in [1.165, 1.54) is 0 Å². The molecule has 1 aromatic rings. The van der Waals surface area contributed by atoms with Crippen molar-refractivity contribution in [1.82, 2.24) is 10.2 Å². The maximum Gasteiger partial charge on any atom is 0.161 e. The summed E-state index contributed by atoms with van der Waals surface area (Å²) in [5.74, 6) is 1.49. The summed E-state index contributed by atoms with van der Waals surface area (Å²) in [7, 11) is 4.02. The van der Waals surface area contributed by atoms with Gasteiger partial charge in [-0.05, 0) is 31.8 Å². The van der Waals surface area contributed by atoms with Crippen LogP contribution in [0.2, 0.25) is 0 Å². The van der Waals surface area contributed by atoms with Gasteiger partial charge in [0.15, 0.2) is 11.5 Å². The normalized spacial score (nSPS) is 15.5. The first kappa shape index (κ1) is 14.6. The predicted octanol–water partition coefficient (Wildman–Crippen LogP) is 1.56. The van der Waals surface area contributed by atoms with Crippen LogP contribution in [0.4, 0.5) is 0 Å². The zero-order chi connectivity index (χ0) is 14.4. The number of ether oxygens (including phenoxy) is 2. The van der Waals surface area contributed by atoms with Gasteiger partial charge in [-0.2, -0.15) is 5.26 Å². The number of nitrogens with one attached hydrogen (secondary N) is 1. The second kappa shape index (κ2) is 7.13. The van der Waals surface area contributed by atoms with Gasteiger partial charge in [0, 0.05) is 19.5 Å². The molecule has 0 spiro atoms. The quantitative estimate of drug-likeness (QED) is 0.884. The van der Waals surface area contributed by atoms with Crippen molar-refractivity contribution >= 4 is 0 Å². The van der Waals surface area contributed by atoms with E-state index in [4.69, 9.17) is 9.47 Å². The van der Waals surface area contributed by atoms with Crippen LogP contribution in [-0.2, 0) is 0 Å². The molecule has 1 unspecified atom stereocenters. The van der Waals surface area contributed by atoms with Crippen molar-refractivity contribution in [3.8, 4) is 17.6 Å². The molecule has 0 aliphatic carbocycles. The van der Waals surface area contributed by atoms with Gasteiger partial charge in [-0.3, -0.25) is 5.32 Å². The summed E-state index contributed by atoms with van der Waals surface area (Å²) in [4.78, 5) is 2.08. The van der Waals surface area contributed by atoms with Gasteiger partial charge < -0.3 is 14.4 Å². The van der Waals surface area contributed by atoms with Gasteiger partial charge in [-0.1, -0.05) is 6.07 Å². The van der Waals surface area contributed by atoms with Crippen molar-refractivity contribution < 1.29 is 9.47 Å². The lowest BCUT2D eigenvalue weighted by molar-refractivity contribution is 0.297. The highest BCUT2D eigenvalue weighted by molar-refractivity contribution is 5.45. The zero-order valence-corrected chi connectivity index (χ0v) is 12.1. The number of rotatable bonds is 5. The van der Waals surface area contributed by atoms with Crippen LogP contribution in [0.15, 0.2) is 18.2 Å². The fraction of sp³-hybridized carbons (Fsp3) is 0.533. The Morgan fingerprint density at radius 3 is 2.75 bits per heavy atom. The standard InChI is InChI=1S/C15H21N3O2/c1-18(2)7-6-17-13(11-16)12-4-5-14-15(10-12)20-9-3-8-19-14/h4-5,10,13,17H,3,6-9H2,1-2H3. The van der Waals surface area contributed by atoms with E-state index >= 15 is 0 Å². The van der Waals surface area contributed by atoms with E-state index < -0.39 is 0 Å². The monoisotopic (exact) mass is 275 g/mol. The van der Waals surface area contributed by atoms with E-state index in [2.05, 4.69) is 16.3 Å². The van der Waals surface area contributed by atoms with Gasteiger partial charge >= 0.3 is 0 Å². The van der Waals surface area contributed by atoms with Crippen molar-refractivity contribution in [3.63, 3.8) is 0 Å². The maximum atomic E-state index is 9.31. The summed E-state index contributed by atoms with van der Waals surface area (Å²) in [6, 6.07) is 7.67. The van der Waals surface area contributed by atoms with Crippen LogP contribution in [-0.4, -0.2) is 45.3 Å². The van der Waals surface area contributed by atoms with Gasteiger partial charge in [0.2, 0.25) is 0 Å². The van der Waals surface area contributed by atoms with Crippen molar-refractivity contribution in [2.24, 2.45) is 0 Å². The topological polar surface area (TPSA) is 57.5 Å². The highest BCUT2D eigenvalue weighted by Gasteiger charge is 2.15. The van der Waals surface area contributed by atoms with Crippen LogP contribution in [0, 0.1) is 11.3 Å². The Morgan fingerprint density at radius 1 is 1.30 bits per heavy atom. The molecule has 1 atom stereocenters. The molecule has 1 heterocycles. The van der Waals surface area contributed by atoms with Crippen LogP contribution in [0.5, 0.6) is 11.5 Å². The first-order valence-corrected chi connectivity index (χ1v) is 6.88. The fourth-order valence-electron chi connectivity index (χ4n) is 2.03. The Morgan fingerprint density at radius 2 is 2.05 bits per heavy atom. The lowest BCUT2D eigenvalue weighted by Gasteiger charge is -2.16. The molecular formula is C15H21N3O2. The number of hydrogen-bond donors (Lipinski definition) is 1. The van der Waals surface area contributed by atoms with Crippen LogP contribution in [0.1, 0.15) is 18.0 Å². The van der Waals surface area contributed by atoms with Gasteiger partial charge in [0.1, 0.15) is 6.04 Å². The molecule has 0 saturated heterocycles. The van der Waals surface area contributed by atoms with Gasteiger partial charge in [-0.25, -0.2) is 0 Å². The second-order valence-electron chi connectivity index (χ2n) is 5.08. The first-order valence-electron chi connectivity index (χ1n) is 6.88. The summed E-state index contributed by atoms with van der Waals surface area (Å²) in [6.07, 6.45) is 0.882. The Balaban J connectivity index is 2.06. The van der Waals surface area contributed by atoms with Crippen molar-refractivity contribution in [2.45, 2.75) is 12.5 Å². The smallest absolute Gasteiger partial charge is 0.161 e. The third kappa shape index (κ3) is 3.86. The SMILES string of the molecule is CN(C)CCNC(C#N)c1ccc2c(c1)OCCCO2. The molecular weight excluding hydrogens is 254 g/mol. The highest BCUT2D eigenvalue weighted by Crippen LogP contribution is 2.32. The Bertz CT molecular complexity index is 482. The molecule has 0 fully saturated rings. The molecule has 1 aliphatic rings. The minimum absolute atomic E-state index is 0.327. The molecule has 0 amide bonds. The van der Waals surface area contributed by atoms with Gasteiger partial charge in [-0.15, -0.1) is 0 Å². The number of fused-ring (bicyclic) bond motifs is 1. The van der Waals surface area contributed by atoms with E-state index in [0.29, 0.717) is 13.2 Å². The predicted molar refractivity (Wildman–Crippen MR) is 77.0 cm³/mol. The summed E-state index contributed by atoms with van der Waals surface area (Å²) >= 11 is 0. The zero-order valence-electron chi connectivity index (χ0n) is 12.1. The largest absolute Gasteiger partial charge is 0.490 e. The number of likely N-dealkylation sites (N-methyl/N-ethyl adjacent to an activating group) is 1. The molecule has 0 saturated carbocycles. The minimum Gasteiger partial charge on any atom is -0.490 e. The minimum atomic E-state index is -0.327. The Kier molecular flexibility index (Phi) is 5.22. The second-order valence-corrected chi connectivity index (χ2v) is 5.08. The van der Waals surface area contributed by atoms with E-state index in [-0.39, 0.29) is 6.04 Å². The maximum absolute atomic E-state index is 9.31. The van der Waals surface area contributed by atoms with E-state index in [1.54, 1.807) is 0 Å². The molecule has 0 radical (unpaired) electrons. The van der Waals surface area contributed by atoms with Crippen molar-refractivity contribution in [1.29, 1.82) is 5.26 Å². The molecule has 1 N–H and O–H groups in total. The van der Waals surface area contributed by atoms with E-state index in [9.17, 15) is 5.26 Å². The van der Waals surface area contributed by atoms with Gasteiger partial charge in [0.05, 0.1) is 19.3 Å². The summed E-state index contributed by atoms with van der Waals surface area (Å²) in [6.45, 7) is 2.99. The average Bonchev–Trinajstić information content (AvgIpc) is 2.67. The molecule has 1 aromatic carbocycles. The van der Waals surface area contributed by atoms with Crippen LogP contribution >= 0.6 is 0 Å². The van der Waals surface area contributed by atoms with Crippen molar-refractivity contribution in [3.05, 3.63) is 23.8 Å². The number of nitrogens with zero attached hydrogens (tertiary/aromatic N) is 2.